The van der Waals surface area contributed by atoms with Crippen molar-refractivity contribution in [2.75, 3.05) is 12.4 Å². The molecule has 1 atom stereocenters. The molecule has 1 aliphatic heterocycles. The van der Waals surface area contributed by atoms with Crippen LogP contribution in [0.3, 0.4) is 0 Å². The fraction of sp³-hybridized carbons (Fsp3) is 0.273. The number of benzene rings is 1. The van der Waals surface area contributed by atoms with E-state index in [0.29, 0.717) is 26.6 Å². The number of hydrogen-bond donors (Lipinski definition) is 2. The average Bonchev–Trinajstić information content (AvgIpc) is 3.19. The molecule has 4 rings (SSSR count). The van der Waals surface area contributed by atoms with Gasteiger partial charge in [-0.05, 0) is 19.4 Å². The summed E-state index contributed by atoms with van der Waals surface area (Å²) in [7, 11) is 1.67. The summed E-state index contributed by atoms with van der Waals surface area (Å²) in [6, 6.07) is 8.87. The number of urea groups is 1. The minimum absolute atomic E-state index is 0.139. The molecule has 32 heavy (non-hydrogen) atoms. The topological polar surface area (TPSA) is 102 Å². The maximum Gasteiger partial charge on any atom is 0.337 e. The minimum atomic E-state index is -0.483. The lowest BCUT2D eigenvalue weighted by atomic mass is 10.1. The van der Waals surface area contributed by atoms with Crippen molar-refractivity contribution in [1.29, 1.82) is 0 Å². The molecule has 1 aliphatic rings. The van der Waals surface area contributed by atoms with Gasteiger partial charge in [0.25, 0.3) is 5.56 Å². The van der Waals surface area contributed by atoms with E-state index in [4.69, 9.17) is 4.74 Å². The number of carbonyl (C=O) groups excluding carboxylic acids is 2. The molecule has 0 radical (unpaired) electrons. The van der Waals surface area contributed by atoms with Crippen LogP contribution < -0.4 is 16.2 Å². The van der Waals surface area contributed by atoms with Crippen LogP contribution >= 0.6 is 23.1 Å². The second-order valence-corrected chi connectivity index (χ2v) is 8.98. The van der Waals surface area contributed by atoms with Gasteiger partial charge in [-0.1, -0.05) is 42.1 Å². The molecule has 0 spiro atoms. The van der Waals surface area contributed by atoms with E-state index in [0.717, 1.165) is 11.1 Å². The minimum Gasteiger partial charge on any atom is -0.463 e. The third-order valence-electron chi connectivity index (χ3n) is 5.07. The Kier molecular flexibility index (Phi) is 6.33. The smallest absolute Gasteiger partial charge is 0.337 e. The van der Waals surface area contributed by atoms with Gasteiger partial charge in [0.1, 0.15) is 4.83 Å². The number of ether oxygens (including phenoxy) is 1. The van der Waals surface area contributed by atoms with Crippen LogP contribution in [0.1, 0.15) is 13.8 Å². The number of thioether (sulfide) groups is 1. The normalized spacial score (nSPS) is 16.1. The second kappa shape index (κ2) is 9.17. The van der Waals surface area contributed by atoms with Gasteiger partial charge in [-0.3, -0.25) is 9.36 Å². The van der Waals surface area contributed by atoms with E-state index >= 15 is 0 Å². The molecule has 1 unspecified atom stereocenters. The zero-order chi connectivity index (χ0) is 22.8. The predicted octanol–water partition coefficient (Wildman–Crippen LogP) is 3.27. The van der Waals surface area contributed by atoms with E-state index < -0.39 is 12.0 Å². The molecule has 10 heteroatoms. The van der Waals surface area contributed by atoms with Gasteiger partial charge in [0.15, 0.2) is 5.16 Å². The molecular formula is C22H22N4O4S2. The number of rotatable bonds is 6. The zero-order valence-electron chi connectivity index (χ0n) is 17.8. The van der Waals surface area contributed by atoms with E-state index in [2.05, 4.69) is 15.6 Å². The van der Waals surface area contributed by atoms with Crippen molar-refractivity contribution >= 4 is 45.3 Å². The van der Waals surface area contributed by atoms with Crippen molar-refractivity contribution in [3.05, 3.63) is 57.3 Å². The quantitative estimate of drug-likeness (QED) is 0.326. The average molecular weight is 471 g/mol. The standard InChI is InChI=1S/C22H22N4O4S2/c1-4-30-20(28)16-12(2)23-21(29)24-15(16)11-32-22-25-18-17(19(27)26(22)3)14(10-31-18)13-8-6-5-7-9-13/h5-10,12H,4,11H2,1-3H3,(H2,23,24,29). The SMILES string of the molecule is CCOC(=O)C1=C(CSc2nc3scc(-c4ccccc4)c3c(=O)n2C)NC(=O)NC1C. The molecule has 2 N–H and O–H groups in total. The van der Waals surface area contributed by atoms with Crippen LogP contribution in [0.4, 0.5) is 4.79 Å². The van der Waals surface area contributed by atoms with Crippen LogP contribution in [0.25, 0.3) is 21.3 Å². The van der Waals surface area contributed by atoms with Crippen LogP contribution in [-0.2, 0) is 16.6 Å². The van der Waals surface area contributed by atoms with Crippen molar-refractivity contribution in [3.8, 4) is 11.1 Å². The Hall–Kier alpha value is -3.11. The molecule has 2 aromatic heterocycles. The Morgan fingerprint density at radius 3 is 2.75 bits per heavy atom. The molecule has 8 nitrogen and oxygen atoms in total. The van der Waals surface area contributed by atoms with Gasteiger partial charge in [-0.25, -0.2) is 14.6 Å². The zero-order valence-corrected chi connectivity index (χ0v) is 19.4. The first-order valence-corrected chi connectivity index (χ1v) is 11.9. The van der Waals surface area contributed by atoms with E-state index in [9.17, 15) is 14.4 Å². The Morgan fingerprint density at radius 1 is 1.28 bits per heavy atom. The third kappa shape index (κ3) is 4.15. The van der Waals surface area contributed by atoms with Crippen molar-refractivity contribution in [1.82, 2.24) is 20.2 Å². The van der Waals surface area contributed by atoms with Crippen LogP contribution in [0.15, 0.2) is 56.9 Å². The Balaban J connectivity index is 1.68. The number of carbonyl (C=O) groups is 2. The van der Waals surface area contributed by atoms with Gasteiger partial charge in [0, 0.05) is 29.4 Å². The maximum absolute atomic E-state index is 13.2. The van der Waals surface area contributed by atoms with Gasteiger partial charge < -0.3 is 15.4 Å². The predicted molar refractivity (Wildman–Crippen MR) is 126 cm³/mol. The molecule has 0 fully saturated rings. The van der Waals surface area contributed by atoms with Crippen molar-refractivity contribution in [2.45, 2.75) is 25.0 Å². The summed E-state index contributed by atoms with van der Waals surface area (Å²) >= 11 is 2.70. The van der Waals surface area contributed by atoms with E-state index in [-0.39, 0.29) is 24.0 Å². The molecule has 3 aromatic rings. The summed E-state index contributed by atoms with van der Waals surface area (Å²) in [5.74, 6) is -0.222. The molecule has 0 saturated heterocycles. The van der Waals surface area contributed by atoms with Gasteiger partial charge in [-0.15, -0.1) is 11.3 Å². The van der Waals surface area contributed by atoms with E-state index in [1.807, 2.05) is 35.7 Å². The summed E-state index contributed by atoms with van der Waals surface area (Å²) in [5, 5.41) is 8.40. The number of thiophene rings is 1. The van der Waals surface area contributed by atoms with Gasteiger partial charge in [0.2, 0.25) is 0 Å². The molecule has 2 amide bonds. The molecule has 0 saturated carbocycles. The highest BCUT2D eigenvalue weighted by atomic mass is 32.2. The van der Waals surface area contributed by atoms with Crippen molar-refractivity contribution in [3.63, 3.8) is 0 Å². The second-order valence-electron chi connectivity index (χ2n) is 7.18. The van der Waals surface area contributed by atoms with Crippen molar-refractivity contribution < 1.29 is 14.3 Å². The van der Waals surface area contributed by atoms with Gasteiger partial charge >= 0.3 is 12.0 Å². The lowest BCUT2D eigenvalue weighted by molar-refractivity contribution is -0.138. The molecule has 0 aliphatic carbocycles. The van der Waals surface area contributed by atoms with Crippen LogP contribution in [0, 0.1) is 0 Å². The van der Waals surface area contributed by atoms with Crippen LogP contribution in [0.5, 0.6) is 0 Å². The summed E-state index contributed by atoms with van der Waals surface area (Å²) in [4.78, 5) is 42.9. The first kappa shape index (κ1) is 22.1. The summed E-state index contributed by atoms with van der Waals surface area (Å²) in [6.45, 7) is 3.69. The Morgan fingerprint density at radius 2 is 2.03 bits per heavy atom. The van der Waals surface area contributed by atoms with E-state index in [1.54, 1.807) is 20.9 Å². The maximum atomic E-state index is 13.2. The lowest BCUT2D eigenvalue weighted by Gasteiger charge is -2.26. The summed E-state index contributed by atoms with van der Waals surface area (Å²) in [5.41, 5.74) is 2.51. The number of amides is 2. The lowest BCUT2D eigenvalue weighted by Crippen LogP contribution is -2.49. The van der Waals surface area contributed by atoms with Gasteiger partial charge in [-0.2, -0.15) is 0 Å². The number of esters is 1. The number of nitrogens with zero attached hydrogens (tertiary/aromatic N) is 2. The fourth-order valence-electron chi connectivity index (χ4n) is 3.54. The van der Waals surface area contributed by atoms with Crippen LogP contribution in [0.2, 0.25) is 0 Å². The number of aromatic nitrogens is 2. The van der Waals surface area contributed by atoms with E-state index in [1.165, 1.54) is 27.7 Å². The van der Waals surface area contributed by atoms with Crippen LogP contribution in [-0.4, -0.2) is 40.0 Å². The third-order valence-corrected chi connectivity index (χ3v) is 7.00. The highest BCUT2D eigenvalue weighted by molar-refractivity contribution is 7.99. The summed E-state index contributed by atoms with van der Waals surface area (Å²) in [6.07, 6.45) is 0. The molecule has 0 bridgehead atoms. The first-order valence-electron chi connectivity index (χ1n) is 10.0. The molecule has 166 valence electrons. The number of hydrogen-bond acceptors (Lipinski definition) is 7. The van der Waals surface area contributed by atoms with Gasteiger partial charge in [0.05, 0.1) is 23.6 Å². The Labute approximate surface area is 192 Å². The highest BCUT2D eigenvalue weighted by Gasteiger charge is 2.30. The highest BCUT2D eigenvalue weighted by Crippen LogP contribution is 2.32. The summed E-state index contributed by atoms with van der Waals surface area (Å²) < 4.78 is 6.65. The number of fused-ring (bicyclic) bond motifs is 1. The fourth-order valence-corrected chi connectivity index (χ4v) is 5.47. The number of nitrogens with one attached hydrogen (secondary N) is 2. The van der Waals surface area contributed by atoms with Crippen molar-refractivity contribution in [2.24, 2.45) is 7.05 Å². The molecular weight excluding hydrogens is 448 g/mol. The largest absolute Gasteiger partial charge is 0.463 e. The molecule has 3 heterocycles. The molecule has 1 aromatic carbocycles. The Bertz CT molecular complexity index is 1280. The first-order chi connectivity index (χ1) is 15.4. The monoisotopic (exact) mass is 470 g/mol.